The highest BCUT2D eigenvalue weighted by atomic mass is 16.5. The maximum atomic E-state index is 12.5. The molecule has 1 aliphatic rings. The quantitative estimate of drug-likeness (QED) is 0.671. The van der Waals surface area contributed by atoms with Gasteiger partial charge in [0.25, 0.3) is 0 Å². The fraction of sp³-hybridized carbons (Fsp3) is 0.867. The lowest BCUT2D eigenvalue weighted by atomic mass is 9.76. The second-order valence-electron chi connectivity index (χ2n) is 6.22. The standard InChI is InChI=1S/C15H29N3O3/c1-12-6-4-7-15(16,10-12)14(20)18(2)11-13(19)17-8-5-9-21-3/h12H,4-11,16H2,1-3H3,(H,17,19). The molecule has 1 rings (SSSR count). The molecule has 21 heavy (non-hydrogen) atoms. The average Bonchev–Trinajstić information content (AvgIpc) is 2.42. The van der Waals surface area contributed by atoms with E-state index >= 15 is 0 Å². The summed E-state index contributed by atoms with van der Waals surface area (Å²) in [5, 5.41) is 2.77. The van der Waals surface area contributed by atoms with Crippen LogP contribution in [-0.4, -0.2) is 56.1 Å². The molecule has 0 bridgehead atoms. The van der Waals surface area contributed by atoms with Gasteiger partial charge in [0.2, 0.25) is 11.8 Å². The number of carbonyl (C=O) groups excluding carboxylic acids is 2. The third-order valence-electron chi connectivity index (χ3n) is 4.03. The van der Waals surface area contributed by atoms with Gasteiger partial charge in [-0.25, -0.2) is 0 Å². The van der Waals surface area contributed by atoms with Crippen LogP contribution in [-0.2, 0) is 14.3 Å². The van der Waals surface area contributed by atoms with Gasteiger partial charge in [-0.1, -0.05) is 19.8 Å². The zero-order valence-electron chi connectivity index (χ0n) is 13.5. The Labute approximate surface area is 127 Å². The molecule has 0 aromatic carbocycles. The predicted octanol–water partition coefficient (Wildman–Crippen LogP) is 0.505. The number of nitrogens with zero attached hydrogens (tertiary/aromatic N) is 1. The van der Waals surface area contributed by atoms with E-state index in [2.05, 4.69) is 12.2 Å². The van der Waals surface area contributed by atoms with Gasteiger partial charge in [-0.2, -0.15) is 0 Å². The van der Waals surface area contributed by atoms with Gasteiger partial charge in [0.05, 0.1) is 12.1 Å². The van der Waals surface area contributed by atoms with Gasteiger partial charge in [0.1, 0.15) is 0 Å². The maximum Gasteiger partial charge on any atom is 0.242 e. The number of methoxy groups -OCH3 is 1. The minimum absolute atomic E-state index is 0.0547. The molecular weight excluding hydrogens is 270 g/mol. The molecule has 2 amide bonds. The van der Waals surface area contributed by atoms with Gasteiger partial charge >= 0.3 is 0 Å². The molecule has 1 fully saturated rings. The van der Waals surface area contributed by atoms with E-state index < -0.39 is 5.54 Å². The first kappa shape index (κ1) is 17.9. The Morgan fingerprint density at radius 1 is 1.48 bits per heavy atom. The number of hydrogen-bond acceptors (Lipinski definition) is 4. The Morgan fingerprint density at radius 2 is 2.19 bits per heavy atom. The molecule has 0 spiro atoms. The lowest BCUT2D eigenvalue weighted by Crippen LogP contribution is -2.57. The Bertz CT molecular complexity index is 362. The van der Waals surface area contributed by atoms with Crippen LogP contribution in [0, 0.1) is 5.92 Å². The molecule has 0 heterocycles. The van der Waals surface area contributed by atoms with E-state index in [-0.39, 0.29) is 18.4 Å². The molecule has 0 aromatic heterocycles. The van der Waals surface area contributed by atoms with Crippen molar-refractivity contribution in [2.75, 3.05) is 33.9 Å². The predicted molar refractivity (Wildman–Crippen MR) is 81.7 cm³/mol. The molecular formula is C15H29N3O3. The van der Waals surface area contributed by atoms with Crippen molar-refractivity contribution in [3.8, 4) is 0 Å². The van der Waals surface area contributed by atoms with Gasteiger partial charge < -0.3 is 20.7 Å². The molecule has 2 unspecified atom stereocenters. The number of ether oxygens (including phenoxy) is 1. The summed E-state index contributed by atoms with van der Waals surface area (Å²) in [6.07, 6.45) is 4.26. The molecule has 6 heteroatoms. The van der Waals surface area contributed by atoms with Crippen molar-refractivity contribution in [2.45, 2.75) is 44.6 Å². The number of nitrogens with two attached hydrogens (primary N) is 1. The largest absolute Gasteiger partial charge is 0.385 e. The Balaban J connectivity index is 2.41. The van der Waals surface area contributed by atoms with Gasteiger partial charge in [0, 0.05) is 27.3 Å². The van der Waals surface area contributed by atoms with Crippen LogP contribution in [0.3, 0.4) is 0 Å². The van der Waals surface area contributed by atoms with Gasteiger partial charge in [0.15, 0.2) is 0 Å². The van der Waals surface area contributed by atoms with Gasteiger partial charge in [-0.15, -0.1) is 0 Å². The summed E-state index contributed by atoms with van der Waals surface area (Å²) in [5.74, 6) is 0.180. The van der Waals surface area contributed by atoms with Crippen molar-refractivity contribution in [1.82, 2.24) is 10.2 Å². The van der Waals surface area contributed by atoms with E-state index in [0.29, 0.717) is 31.9 Å². The van der Waals surface area contributed by atoms with Crippen LogP contribution in [0.25, 0.3) is 0 Å². The number of likely N-dealkylation sites (N-methyl/N-ethyl adjacent to an activating group) is 1. The van der Waals surface area contributed by atoms with Crippen molar-refractivity contribution in [1.29, 1.82) is 0 Å². The van der Waals surface area contributed by atoms with Crippen molar-refractivity contribution < 1.29 is 14.3 Å². The molecule has 0 aromatic rings. The first-order valence-corrected chi connectivity index (χ1v) is 7.69. The van der Waals surface area contributed by atoms with Crippen LogP contribution >= 0.6 is 0 Å². The lowest BCUT2D eigenvalue weighted by Gasteiger charge is -2.37. The second kappa shape index (κ2) is 8.34. The van der Waals surface area contributed by atoms with E-state index in [9.17, 15) is 9.59 Å². The third kappa shape index (κ3) is 5.63. The Kier molecular flexibility index (Phi) is 7.11. The summed E-state index contributed by atoms with van der Waals surface area (Å²) < 4.78 is 4.91. The Hall–Kier alpha value is -1.14. The fourth-order valence-electron chi connectivity index (χ4n) is 2.95. The van der Waals surface area contributed by atoms with E-state index in [1.165, 1.54) is 4.90 Å². The molecule has 1 saturated carbocycles. The minimum Gasteiger partial charge on any atom is -0.385 e. The maximum absolute atomic E-state index is 12.5. The summed E-state index contributed by atoms with van der Waals surface area (Å²) in [6.45, 7) is 3.34. The smallest absolute Gasteiger partial charge is 0.242 e. The van der Waals surface area contributed by atoms with Gasteiger partial charge in [-0.05, 0) is 25.2 Å². The van der Waals surface area contributed by atoms with Crippen LogP contribution < -0.4 is 11.1 Å². The number of rotatable bonds is 7. The molecule has 0 saturated heterocycles. The summed E-state index contributed by atoms with van der Waals surface area (Å²) in [4.78, 5) is 25.7. The normalized spacial score (nSPS) is 25.4. The number of amides is 2. The molecule has 3 N–H and O–H groups in total. The summed E-state index contributed by atoms with van der Waals surface area (Å²) >= 11 is 0. The monoisotopic (exact) mass is 299 g/mol. The van der Waals surface area contributed by atoms with Crippen LogP contribution in [0.5, 0.6) is 0 Å². The summed E-state index contributed by atoms with van der Waals surface area (Å²) in [6, 6.07) is 0. The van der Waals surface area contributed by atoms with Crippen LogP contribution in [0.4, 0.5) is 0 Å². The number of hydrogen-bond donors (Lipinski definition) is 2. The number of carbonyl (C=O) groups is 2. The molecule has 1 aliphatic carbocycles. The van der Waals surface area contributed by atoms with Crippen LogP contribution in [0.15, 0.2) is 0 Å². The molecule has 0 aliphatic heterocycles. The molecule has 6 nitrogen and oxygen atoms in total. The minimum atomic E-state index is -0.803. The third-order valence-corrected chi connectivity index (χ3v) is 4.03. The number of nitrogens with one attached hydrogen (secondary N) is 1. The van der Waals surface area contributed by atoms with Crippen molar-refractivity contribution in [2.24, 2.45) is 11.7 Å². The second-order valence-corrected chi connectivity index (χ2v) is 6.22. The molecule has 2 atom stereocenters. The zero-order valence-corrected chi connectivity index (χ0v) is 13.5. The summed E-state index contributed by atoms with van der Waals surface area (Å²) in [5.41, 5.74) is 5.47. The molecule has 122 valence electrons. The highest BCUT2D eigenvalue weighted by molar-refractivity contribution is 5.90. The van der Waals surface area contributed by atoms with Gasteiger partial charge in [-0.3, -0.25) is 9.59 Å². The van der Waals surface area contributed by atoms with E-state index in [1.807, 2.05) is 0 Å². The van der Waals surface area contributed by atoms with Crippen molar-refractivity contribution in [3.05, 3.63) is 0 Å². The first-order valence-electron chi connectivity index (χ1n) is 7.69. The summed E-state index contributed by atoms with van der Waals surface area (Å²) in [7, 11) is 3.27. The van der Waals surface area contributed by atoms with Crippen molar-refractivity contribution >= 4 is 11.8 Å². The highest BCUT2D eigenvalue weighted by Crippen LogP contribution is 2.31. The van der Waals surface area contributed by atoms with E-state index in [4.69, 9.17) is 10.5 Å². The zero-order chi connectivity index (χ0) is 15.9. The first-order chi connectivity index (χ1) is 9.89. The highest BCUT2D eigenvalue weighted by Gasteiger charge is 2.39. The Morgan fingerprint density at radius 3 is 2.81 bits per heavy atom. The average molecular weight is 299 g/mol. The van der Waals surface area contributed by atoms with E-state index in [1.54, 1.807) is 14.2 Å². The van der Waals surface area contributed by atoms with Crippen LogP contribution in [0.2, 0.25) is 0 Å². The van der Waals surface area contributed by atoms with E-state index in [0.717, 1.165) is 19.3 Å². The van der Waals surface area contributed by atoms with Crippen LogP contribution in [0.1, 0.15) is 39.0 Å². The van der Waals surface area contributed by atoms with Crippen molar-refractivity contribution in [3.63, 3.8) is 0 Å². The SMILES string of the molecule is COCCCNC(=O)CN(C)C(=O)C1(N)CCCC(C)C1. The lowest BCUT2D eigenvalue weighted by molar-refractivity contribution is -0.140. The topological polar surface area (TPSA) is 84.7 Å². The molecule has 0 radical (unpaired) electrons. The fourth-order valence-corrected chi connectivity index (χ4v) is 2.95.